The Hall–Kier alpha value is -0.980. The Morgan fingerprint density at radius 1 is 1.43 bits per heavy atom. The van der Waals surface area contributed by atoms with Gasteiger partial charge in [0.1, 0.15) is 0 Å². The number of nitrogens with zero attached hydrogens (tertiary/aromatic N) is 3. The molecule has 2 aliphatic heterocycles. The highest BCUT2D eigenvalue weighted by molar-refractivity contribution is 7.09. The zero-order valence-electron chi connectivity index (χ0n) is 12.7. The summed E-state index contributed by atoms with van der Waals surface area (Å²) in [7, 11) is 0. The van der Waals surface area contributed by atoms with Crippen molar-refractivity contribution in [3.05, 3.63) is 16.1 Å². The fraction of sp³-hybridized carbons (Fsp3) is 0.733. The second kappa shape index (κ2) is 6.85. The summed E-state index contributed by atoms with van der Waals surface area (Å²) in [6.45, 7) is 7.50. The lowest BCUT2D eigenvalue weighted by atomic mass is 10.1. The summed E-state index contributed by atoms with van der Waals surface area (Å²) >= 11 is 1.73. The molecule has 1 unspecified atom stereocenters. The maximum atomic E-state index is 12.7. The first kappa shape index (κ1) is 14.9. The van der Waals surface area contributed by atoms with Gasteiger partial charge in [-0.2, -0.15) is 0 Å². The molecular weight excluding hydrogens is 284 g/mol. The van der Waals surface area contributed by atoms with Gasteiger partial charge in [-0.25, -0.2) is 4.98 Å². The van der Waals surface area contributed by atoms with Gasteiger partial charge in [0.05, 0.1) is 16.7 Å². The average molecular weight is 308 g/mol. The smallest absolute Gasteiger partial charge is 0.240 e. The highest BCUT2D eigenvalue weighted by Gasteiger charge is 2.34. The standard InChI is InChI=1S/C15H24N4OS/c1-2-14-17-12(11-21-14)10-19-7-3-4-13(19)15(20)18-8-5-16-6-9-18/h11,13,16H,2-10H2,1H3. The van der Waals surface area contributed by atoms with Crippen LogP contribution in [0.2, 0.25) is 0 Å². The molecule has 2 aliphatic rings. The molecule has 0 aromatic carbocycles. The number of carbonyl (C=O) groups excluding carboxylic acids is 1. The molecule has 0 bridgehead atoms. The van der Waals surface area contributed by atoms with Crippen molar-refractivity contribution in [2.45, 2.75) is 38.8 Å². The molecule has 21 heavy (non-hydrogen) atoms. The van der Waals surface area contributed by atoms with Gasteiger partial charge >= 0.3 is 0 Å². The van der Waals surface area contributed by atoms with Crippen LogP contribution in [-0.2, 0) is 17.8 Å². The number of aryl methyl sites for hydroxylation is 1. The number of amides is 1. The summed E-state index contributed by atoms with van der Waals surface area (Å²) in [5.41, 5.74) is 1.12. The maximum absolute atomic E-state index is 12.7. The van der Waals surface area contributed by atoms with E-state index >= 15 is 0 Å². The van der Waals surface area contributed by atoms with E-state index in [0.29, 0.717) is 5.91 Å². The van der Waals surface area contributed by atoms with Crippen LogP contribution in [0.15, 0.2) is 5.38 Å². The quantitative estimate of drug-likeness (QED) is 0.905. The maximum Gasteiger partial charge on any atom is 0.240 e. The largest absolute Gasteiger partial charge is 0.339 e. The zero-order chi connectivity index (χ0) is 14.7. The number of nitrogens with one attached hydrogen (secondary N) is 1. The molecule has 1 atom stereocenters. The molecule has 1 aromatic heterocycles. The normalized spacial score (nSPS) is 23.7. The Bertz CT molecular complexity index is 484. The molecule has 2 saturated heterocycles. The third-order valence-electron chi connectivity index (χ3n) is 4.34. The summed E-state index contributed by atoms with van der Waals surface area (Å²) in [5.74, 6) is 0.319. The molecule has 0 spiro atoms. The molecule has 6 heteroatoms. The Labute approximate surface area is 130 Å². The van der Waals surface area contributed by atoms with Crippen LogP contribution in [0.4, 0.5) is 0 Å². The van der Waals surface area contributed by atoms with Gasteiger partial charge in [0.25, 0.3) is 0 Å². The van der Waals surface area contributed by atoms with Crippen molar-refractivity contribution in [3.8, 4) is 0 Å². The van der Waals surface area contributed by atoms with E-state index in [1.165, 1.54) is 5.01 Å². The van der Waals surface area contributed by atoms with E-state index in [9.17, 15) is 4.79 Å². The van der Waals surface area contributed by atoms with Gasteiger partial charge in [-0.3, -0.25) is 9.69 Å². The topological polar surface area (TPSA) is 48.5 Å². The molecule has 0 radical (unpaired) electrons. The number of carbonyl (C=O) groups is 1. The molecule has 116 valence electrons. The van der Waals surface area contributed by atoms with Gasteiger partial charge in [-0.1, -0.05) is 6.92 Å². The van der Waals surface area contributed by atoms with E-state index in [0.717, 1.165) is 64.2 Å². The van der Waals surface area contributed by atoms with Crippen molar-refractivity contribution in [2.24, 2.45) is 0 Å². The Balaban J connectivity index is 1.62. The van der Waals surface area contributed by atoms with Gasteiger partial charge in [-0.15, -0.1) is 11.3 Å². The van der Waals surface area contributed by atoms with Gasteiger partial charge in [0, 0.05) is 38.1 Å². The summed E-state index contributed by atoms with van der Waals surface area (Å²) in [4.78, 5) is 21.7. The van der Waals surface area contributed by atoms with Crippen molar-refractivity contribution in [2.75, 3.05) is 32.7 Å². The van der Waals surface area contributed by atoms with Crippen molar-refractivity contribution in [1.29, 1.82) is 0 Å². The third kappa shape index (κ3) is 3.44. The van der Waals surface area contributed by atoms with Crippen LogP contribution in [-0.4, -0.2) is 59.5 Å². The first-order valence-corrected chi connectivity index (χ1v) is 8.82. The van der Waals surface area contributed by atoms with Crippen LogP contribution in [0.1, 0.15) is 30.5 Å². The van der Waals surface area contributed by atoms with Crippen molar-refractivity contribution in [1.82, 2.24) is 20.1 Å². The van der Waals surface area contributed by atoms with E-state index < -0.39 is 0 Å². The van der Waals surface area contributed by atoms with Gasteiger partial charge in [0.2, 0.25) is 5.91 Å². The molecule has 3 heterocycles. The number of piperazine rings is 1. The number of thiazole rings is 1. The minimum Gasteiger partial charge on any atom is -0.339 e. The first-order chi connectivity index (χ1) is 10.3. The summed E-state index contributed by atoms with van der Waals surface area (Å²) < 4.78 is 0. The number of rotatable bonds is 4. The molecule has 5 nitrogen and oxygen atoms in total. The van der Waals surface area contributed by atoms with Crippen molar-refractivity contribution in [3.63, 3.8) is 0 Å². The van der Waals surface area contributed by atoms with Crippen LogP contribution >= 0.6 is 11.3 Å². The predicted molar refractivity (Wildman–Crippen MR) is 84.4 cm³/mol. The highest BCUT2D eigenvalue weighted by Crippen LogP contribution is 2.23. The summed E-state index contributed by atoms with van der Waals surface area (Å²) in [6, 6.07) is 0.0647. The molecular formula is C15H24N4OS. The lowest BCUT2D eigenvalue weighted by Gasteiger charge is -2.32. The molecule has 1 amide bonds. The minimum absolute atomic E-state index is 0.0647. The first-order valence-electron chi connectivity index (χ1n) is 7.94. The van der Waals surface area contributed by atoms with Crippen molar-refractivity contribution < 1.29 is 4.79 Å². The van der Waals surface area contributed by atoms with E-state index in [-0.39, 0.29) is 6.04 Å². The summed E-state index contributed by atoms with van der Waals surface area (Å²) in [5, 5.41) is 6.64. The fourth-order valence-corrected chi connectivity index (χ4v) is 3.92. The van der Waals surface area contributed by atoms with E-state index in [2.05, 4.69) is 27.5 Å². The highest BCUT2D eigenvalue weighted by atomic mass is 32.1. The summed E-state index contributed by atoms with van der Waals surface area (Å²) in [6.07, 6.45) is 3.11. The Morgan fingerprint density at radius 3 is 2.95 bits per heavy atom. The zero-order valence-corrected chi connectivity index (χ0v) is 13.5. The SMILES string of the molecule is CCc1nc(CN2CCCC2C(=O)N2CCNCC2)cs1. The Morgan fingerprint density at radius 2 is 2.24 bits per heavy atom. The van der Waals surface area contributed by atoms with Crippen molar-refractivity contribution >= 4 is 17.2 Å². The van der Waals surface area contributed by atoms with Gasteiger partial charge < -0.3 is 10.2 Å². The van der Waals surface area contributed by atoms with Crippen LogP contribution in [0.5, 0.6) is 0 Å². The van der Waals surface area contributed by atoms with E-state index in [1.807, 2.05) is 4.90 Å². The van der Waals surface area contributed by atoms with Crippen LogP contribution in [0.25, 0.3) is 0 Å². The lowest BCUT2D eigenvalue weighted by Crippen LogP contribution is -2.52. The van der Waals surface area contributed by atoms with Crippen LogP contribution in [0, 0.1) is 0 Å². The number of likely N-dealkylation sites (tertiary alicyclic amines) is 1. The molecule has 0 saturated carbocycles. The fourth-order valence-electron chi connectivity index (χ4n) is 3.18. The molecule has 3 rings (SSSR count). The number of aromatic nitrogens is 1. The second-order valence-corrected chi connectivity index (χ2v) is 6.73. The monoisotopic (exact) mass is 308 g/mol. The number of hydrogen-bond donors (Lipinski definition) is 1. The Kier molecular flexibility index (Phi) is 4.87. The molecule has 1 aromatic rings. The minimum atomic E-state index is 0.0647. The van der Waals surface area contributed by atoms with Crippen LogP contribution < -0.4 is 5.32 Å². The molecule has 2 fully saturated rings. The van der Waals surface area contributed by atoms with Crippen LogP contribution in [0.3, 0.4) is 0 Å². The third-order valence-corrected chi connectivity index (χ3v) is 5.39. The van der Waals surface area contributed by atoms with Gasteiger partial charge in [0.15, 0.2) is 0 Å². The molecule has 1 N–H and O–H groups in total. The lowest BCUT2D eigenvalue weighted by molar-refractivity contribution is -0.136. The second-order valence-electron chi connectivity index (χ2n) is 5.79. The van der Waals surface area contributed by atoms with E-state index in [1.54, 1.807) is 11.3 Å². The number of hydrogen-bond acceptors (Lipinski definition) is 5. The average Bonchev–Trinajstić information content (AvgIpc) is 3.17. The van der Waals surface area contributed by atoms with E-state index in [4.69, 9.17) is 0 Å². The van der Waals surface area contributed by atoms with Gasteiger partial charge in [-0.05, 0) is 25.8 Å². The predicted octanol–water partition coefficient (Wildman–Crippen LogP) is 1.10. The molecule has 0 aliphatic carbocycles.